The maximum Gasteiger partial charge on any atom is 0.460 e. The van der Waals surface area contributed by atoms with Gasteiger partial charge in [-0.3, -0.25) is 0 Å². The second-order valence-corrected chi connectivity index (χ2v) is 8.29. The molecule has 0 aliphatic rings. The Hall–Kier alpha value is -3.55. The number of nitrogens with zero attached hydrogens (tertiary/aromatic N) is 1. The van der Waals surface area contributed by atoms with Gasteiger partial charge >= 0.3 is 24.2 Å². The standard InChI is InChI=1S/C25H18F11NO2/c26-16-8-10-18(11-9-16)39-19-6-3-5-17(12-19)37(14-21(38)23(29,30)31)13-15-4-1-2-7-20(15)22(27,28)24(32,33)25(34,35)36/h1-12,21,38H,13-14H2/t21-/m1/s1. The summed E-state index contributed by atoms with van der Waals surface area (Å²) in [6.45, 7) is -2.34. The molecule has 0 unspecified atom stereocenters. The molecule has 0 spiro atoms. The molecule has 1 atom stereocenters. The number of benzene rings is 3. The number of hydrogen-bond donors (Lipinski definition) is 1. The number of anilines is 1. The Kier molecular flexibility index (Phi) is 8.39. The van der Waals surface area contributed by atoms with Crippen molar-refractivity contribution in [2.75, 3.05) is 11.4 Å². The van der Waals surface area contributed by atoms with Crippen molar-refractivity contribution in [3.05, 3.63) is 89.7 Å². The van der Waals surface area contributed by atoms with Gasteiger partial charge in [0.25, 0.3) is 0 Å². The van der Waals surface area contributed by atoms with E-state index >= 15 is 0 Å². The molecule has 212 valence electrons. The van der Waals surface area contributed by atoms with E-state index in [-0.39, 0.29) is 17.2 Å². The number of rotatable bonds is 9. The van der Waals surface area contributed by atoms with Gasteiger partial charge in [0.15, 0.2) is 6.10 Å². The maximum absolute atomic E-state index is 14.6. The quantitative estimate of drug-likeness (QED) is 0.265. The summed E-state index contributed by atoms with van der Waals surface area (Å²) in [5.41, 5.74) is -2.82. The monoisotopic (exact) mass is 573 g/mol. The third-order valence-electron chi connectivity index (χ3n) is 5.47. The van der Waals surface area contributed by atoms with Gasteiger partial charge in [-0.25, -0.2) is 4.39 Å². The summed E-state index contributed by atoms with van der Waals surface area (Å²) in [7, 11) is 0. The molecular formula is C25H18F11NO2. The molecule has 3 aromatic rings. The molecular weight excluding hydrogens is 555 g/mol. The fourth-order valence-corrected chi connectivity index (χ4v) is 3.47. The van der Waals surface area contributed by atoms with Gasteiger partial charge in [-0.1, -0.05) is 30.3 Å². The van der Waals surface area contributed by atoms with Gasteiger partial charge in [0.05, 0.1) is 6.54 Å². The minimum atomic E-state index is -6.64. The van der Waals surface area contributed by atoms with E-state index < -0.39 is 60.3 Å². The zero-order chi connectivity index (χ0) is 29.2. The number of alkyl halides is 10. The van der Waals surface area contributed by atoms with Crippen LogP contribution >= 0.6 is 0 Å². The maximum atomic E-state index is 14.6. The van der Waals surface area contributed by atoms with E-state index in [4.69, 9.17) is 4.74 Å². The van der Waals surface area contributed by atoms with Crippen molar-refractivity contribution in [3.8, 4) is 11.5 Å². The first kappa shape index (κ1) is 30.0. The van der Waals surface area contributed by atoms with Crippen LogP contribution in [0.25, 0.3) is 0 Å². The molecule has 0 fully saturated rings. The van der Waals surface area contributed by atoms with Gasteiger partial charge < -0.3 is 14.7 Å². The highest BCUT2D eigenvalue weighted by Gasteiger charge is 2.73. The van der Waals surface area contributed by atoms with Crippen molar-refractivity contribution in [2.24, 2.45) is 0 Å². The number of halogens is 11. The zero-order valence-corrected chi connectivity index (χ0v) is 19.4. The van der Waals surface area contributed by atoms with Crippen molar-refractivity contribution in [2.45, 2.75) is 36.8 Å². The predicted molar refractivity (Wildman–Crippen MR) is 117 cm³/mol. The Morgan fingerprint density at radius 3 is 1.95 bits per heavy atom. The lowest BCUT2D eigenvalue weighted by Gasteiger charge is -2.32. The first-order valence-electron chi connectivity index (χ1n) is 10.9. The van der Waals surface area contributed by atoms with Gasteiger partial charge in [0.2, 0.25) is 0 Å². The summed E-state index contributed by atoms with van der Waals surface area (Å²) in [6.07, 6.45) is -14.9. The number of aliphatic hydroxyl groups excluding tert-OH is 1. The van der Waals surface area contributed by atoms with Crippen LogP contribution in [0.3, 0.4) is 0 Å². The lowest BCUT2D eigenvalue weighted by Crippen LogP contribution is -2.50. The Bertz CT molecular complexity index is 1260. The average Bonchev–Trinajstić information content (AvgIpc) is 2.84. The van der Waals surface area contributed by atoms with Crippen molar-refractivity contribution in [3.63, 3.8) is 0 Å². The molecule has 14 heteroatoms. The molecule has 0 aromatic heterocycles. The van der Waals surface area contributed by atoms with Crippen LogP contribution in [0.4, 0.5) is 54.0 Å². The van der Waals surface area contributed by atoms with Crippen LogP contribution in [-0.4, -0.2) is 36.0 Å². The van der Waals surface area contributed by atoms with Gasteiger partial charge in [-0.05, 0) is 42.0 Å². The molecule has 0 aliphatic carbocycles. The number of ether oxygens (including phenoxy) is 1. The molecule has 3 aromatic carbocycles. The van der Waals surface area contributed by atoms with Crippen LogP contribution in [-0.2, 0) is 12.5 Å². The molecule has 0 amide bonds. The largest absolute Gasteiger partial charge is 0.460 e. The van der Waals surface area contributed by atoms with Gasteiger partial charge in [-0.2, -0.15) is 43.9 Å². The zero-order valence-electron chi connectivity index (χ0n) is 19.4. The van der Waals surface area contributed by atoms with Crippen molar-refractivity contribution >= 4 is 5.69 Å². The third-order valence-corrected chi connectivity index (χ3v) is 5.47. The molecule has 0 saturated carbocycles. The summed E-state index contributed by atoms with van der Waals surface area (Å²) < 4.78 is 153. The molecule has 3 rings (SSSR count). The van der Waals surface area contributed by atoms with Crippen LogP contribution < -0.4 is 9.64 Å². The van der Waals surface area contributed by atoms with Crippen molar-refractivity contribution in [1.82, 2.24) is 0 Å². The minimum Gasteiger partial charge on any atom is -0.457 e. The summed E-state index contributed by atoms with van der Waals surface area (Å²) in [5.74, 6) is -12.8. The summed E-state index contributed by atoms with van der Waals surface area (Å²) in [5, 5.41) is 9.64. The lowest BCUT2D eigenvalue weighted by molar-refractivity contribution is -0.359. The molecule has 0 aliphatic heterocycles. The van der Waals surface area contributed by atoms with Crippen molar-refractivity contribution < 1.29 is 58.1 Å². The van der Waals surface area contributed by atoms with E-state index in [1.54, 1.807) is 0 Å². The van der Waals surface area contributed by atoms with Crippen LogP contribution in [0.15, 0.2) is 72.8 Å². The SMILES string of the molecule is O[C@H](CN(Cc1ccccc1C(F)(F)C(F)(F)C(F)(F)F)c1cccc(Oc2ccc(F)cc2)c1)C(F)(F)F. The smallest absolute Gasteiger partial charge is 0.457 e. The molecule has 3 nitrogen and oxygen atoms in total. The number of hydrogen-bond acceptors (Lipinski definition) is 3. The fraction of sp³-hybridized carbons (Fsp3) is 0.280. The van der Waals surface area contributed by atoms with E-state index in [1.165, 1.54) is 30.3 Å². The van der Waals surface area contributed by atoms with Crippen LogP contribution in [0.5, 0.6) is 11.5 Å². The summed E-state index contributed by atoms with van der Waals surface area (Å²) in [6, 6.07) is 12.3. The Labute approximate surface area is 214 Å². The van der Waals surface area contributed by atoms with Gasteiger partial charge in [-0.15, -0.1) is 0 Å². The first-order valence-corrected chi connectivity index (χ1v) is 10.9. The average molecular weight is 573 g/mol. The second kappa shape index (κ2) is 10.9. The topological polar surface area (TPSA) is 32.7 Å². The number of aliphatic hydroxyl groups is 1. The van der Waals surface area contributed by atoms with Gasteiger partial charge in [0.1, 0.15) is 17.3 Å². The Morgan fingerprint density at radius 2 is 1.36 bits per heavy atom. The molecule has 39 heavy (non-hydrogen) atoms. The van der Waals surface area contributed by atoms with Crippen molar-refractivity contribution in [1.29, 1.82) is 0 Å². The van der Waals surface area contributed by atoms with Crippen LogP contribution in [0, 0.1) is 5.82 Å². The van der Waals surface area contributed by atoms with E-state index in [0.717, 1.165) is 36.4 Å². The first-order chi connectivity index (χ1) is 17.9. The Morgan fingerprint density at radius 1 is 0.744 bits per heavy atom. The minimum absolute atomic E-state index is 0.0344. The van der Waals surface area contributed by atoms with E-state index in [2.05, 4.69) is 0 Å². The van der Waals surface area contributed by atoms with E-state index in [9.17, 15) is 53.4 Å². The summed E-state index contributed by atoms with van der Waals surface area (Å²) >= 11 is 0. The van der Waals surface area contributed by atoms with E-state index in [1.807, 2.05) is 0 Å². The lowest BCUT2D eigenvalue weighted by atomic mass is 9.96. The second-order valence-electron chi connectivity index (χ2n) is 8.29. The fourth-order valence-electron chi connectivity index (χ4n) is 3.47. The molecule has 0 heterocycles. The highest BCUT2D eigenvalue weighted by atomic mass is 19.4. The molecule has 0 saturated heterocycles. The normalized spacial score (nSPS) is 13.7. The highest BCUT2D eigenvalue weighted by molar-refractivity contribution is 5.53. The van der Waals surface area contributed by atoms with Crippen LogP contribution in [0.1, 0.15) is 11.1 Å². The molecule has 1 N–H and O–H groups in total. The highest BCUT2D eigenvalue weighted by Crippen LogP contribution is 2.52. The third kappa shape index (κ3) is 6.72. The molecule has 0 bridgehead atoms. The van der Waals surface area contributed by atoms with Crippen LogP contribution in [0.2, 0.25) is 0 Å². The summed E-state index contributed by atoms with van der Waals surface area (Å²) in [4.78, 5) is 0.663. The predicted octanol–water partition coefficient (Wildman–Crippen LogP) is 7.84. The van der Waals surface area contributed by atoms with E-state index in [0.29, 0.717) is 11.0 Å². The molecule has 0 radical (unpaired) electrons. The van der Waals surface area contributed by atoms with Gasteiger partial charge in [0, 0.05) is 23.9 Å². The Balaban J connectivity index is 2.03.